The average molecular weight is 332 g/mol. The molecule has 0 saturated carbocycles. The van der Waals surface area contributed by atoms with Crippen molar-refractivity contribution >= 4 is 11.6 Å². The van der Waals surface area contributed by atoms with Crippen molar-refractivity contribution in [2.75, 3.05) is 25.1 Å². The Morgan fingerprint density at radius 2 is 1.84 bits per heavy atom. The number of carbonyl (C=O) groups excluding carboxylic acids is 1. The molecule has 2 aromatic carbocycles. The number of benzene rings is 2. The van der Waals surface area contributed by atoms with Crippen LogP contribution in [-0.4, -0.2) is 26.1 Å². The third-order valence-corrected chi connectivity index (χ3v) is 4.71. The SMILES string of the molecule is CN1C(=O)CCOc2ccc(C#Cc3ccc4c(c3)CNCC4)cc21. The molecule has 1 N–H and O–H groups in total. The van der Waals surface area contributed by atoms with Crippen LogP contribution in [0.15, 0.2) is 36.4 Å². The first-order chi connectivity index (χ1) is 12.2. The van der Waals surface area contributed by atoms with E-state index in [1.807, 2.05) is 18.2 Å². The molecule has 0 aromatic heterocycles. The molecule has 4 rings (SSSR count). The van der Waals surface area contributed by atoms with Gasteiger partial charge >= 0.3 is 0 Å². The van der Waals surface area contributed by atoms with Gasteiger partial charge in [0.05, 0.1) is 18.7 Å². The van der Waals surface area contributed by atoms with Crippen LogP contribution in [0.2, 0.25) is 0 Å². The highest BCUT2D eigenvalue weighted by atomic mass is 16.5. The average Bonchev–Trinajstić information content (AvgIpc) is 2.79. The van der Waals surface area contributed by atoms with Crippen molar-refractivity contribution < 1.29 is 9.53 Å². The van der Waals surface area contributed by atoms with Gasteiger partial charge in [0.2, 0.25) is 5.91 Å². The van der Waals surface area contributed by atoms with E-state index in [0.717, 1.165) is 42.1 Å². The third-order valence-electron chi connectivity index (χ3n) is 4.71. The molecule has 0 spiro atoms. The minimum absolute atomic E-state index is 0.0612. The van der Waals surface area contributed by atoms with Crippen LogP contribution in [-0.2, 0) is 17.8 Å². The van der Waals surface area contributed by atoms with Crippen molar-refractivity contribution in [3.8, 4) is 17.6 Å². The van der Waals surface area contributed by atoms with Crippen LogP contribution in [0.4, 0.5) is 5.69 Å². The Kier molecular flexibility index (Phi) is 4.17. The summed E-state index contributed by atoms with van der Waals surface area (Å²) >= 11 is 0. The van der Waals surface area contributed by atoms with Gasteiger partial charge in [0.25, 0.3) is 0 Å². The van der Waals surface area contributed by atoms with Crippen molar-refractivity contribution in [1.82, 2.24) is 5.32 Å². The summed E-state index contributed by atoms with van der Waals surface area (Å²) in [5.41, 5.74) is 5.41. The van der Waals surface area contributed by atoms with Gasteiger partial charge in [-0.2, -0.15) is 0 Å². The summed E-state index contributed by atoms with van der Waals surface area (Å²) < 4.78 is 5.65. The molecule has 4 nitrogen and oxygen atoms in total. The minimum Gasteiger partial charge on any atom is -0.491 e. The number of nitrogens with one attached hydrogen (secondary N) is 1. The lowest BCUT2D eigenvalue weighted by Crippen LogP contribution is -2.25. The lowest BCUT2D eigenvalue weighted by molar-refractivity contribution is -0.118. The van der Waals surface area contributed by atoms with Crippen molar-refractivity contribution in [1.29, 1.82) is 0 Å². The van der Waals surface area contributed by atoms with Crippen LogP contribution in [0.5, 0.6) is 5.75 Å². The van der Waals surface area contributed by atoms with E-state index in [9.17, 15) is 4.79 Å². The number of carbonyl (C=O) groups is 1. The second-order valence-corrected chi connectivity index (χ2v) is 6.39. The van der Waals surface area contributed by atoms with Crippen molar-refractivity contribution in [2.24, 2.45) is 0 Å². The maximum Gasteiger partial charge on any atom is 0.230 e. The molecule has 126 valence electrons. The fraction of sp³-hybridized carbons (Fsp3) is 0.286. The van der Waals surface area contributed by atoms with E-state index in [1.54, 1.807) is 11.9 Å². The second kappa shape index (κ2) is 6.62. The highest BCUT2D eigenvalue weighted by molar-refractivity contribution is 5.95. The van der Waals surface area contributed by atoms with Crippen LogP contribution in [0.1, 0.15) is 28.7 Å². The molecule has 1 amide bonds. The van der Waals surface area contributed by atoms with E-state index in [-0.39, 0.29) is 5.91 Å². The molecule has 2 aliphatic heterocycles. The molecule has 2 aliphatic rings. The first-order valence-corrected chi connectivity index (χ1v) is 8.59. The molecular weight excluding hydrogens is 312 g/mol. The molecule has 0 radical (unpaired) electrons. The fourth-order valence-electron chi connectivity index (χ4n) is 3.23. The molecule has 25 heavy (non-hydrogen) atoms. The standard InChI is InChI=1S/C21H20N2O2/c1-23-19-13-16(5-7-20(19)25-11-9-21(23)24)3-2-15-4-6-17-8-10-22-14-18(17)12-15/h4-7,12-13,22H,8-11,14H2,1H3. The van der Waals surface area contributed by atoms with E-state index in [1.165, 1.54) is 11.1 Å². The number of fused-ring (bicyclic) bond motifs is 2. The van der Waals surface area contributed by atoms with Gasteiger partial charge in [-0.05, 0) is 54.4 Å². The quantitative estimate of drug-likeness (QED) is 0.754. The maximum atomic E-state index is 12.0. The zero-order chi connectivity index (χ0) is 17.2. The number of rotatable bonds is 0. The number of hydrogen-bond acceptors (Lipinski definition) is 3. The predicted octanol–water partition coefficient (Wildman–Crippen LogP) is 2.48. The van der Waals surface area contributed by atoms with Gasteiger partial charge in [-0.3, -0.25) is 4.79 Å². The van der Waals surface area contributed by atoms with E-state index in [0.29, 0.717) is 13.0 Å². The van der Waals surface area contributed by atoms with Gasteiger partial charge in [-0.1, -0.05) is 17.9 Å². The summed E-state index contributed by atoms with van der Waals surface area (Å²) in [4.78, 5) is 13.7. The van der Waals surface area contributed by atoms with Gasteiger partial charge in [-0.25, -0.2) is 0 Å². The molecule has 0 bridgehead atoms. The van der Waals surface area contributed by atoms with Crippen LogP contribution in [0.25, 0.3) is 0 Å². The smallest absolute Gasteiger partial charge is 0.230 e. The van der Waals surface area contributed by atoms with E-state index < -0.39 is 0 Å². The van der Waals surface area contributed by atoms with Crippen molar-refractivity contribution in [3.63, 3.8) is 0 Å². The Morgan fingerprint density at radius 1 is 1.04 bits per heavy atom. The number of amides is 1. The van der Waals surface area contributed by atoms with E-state index in [4.69, 9.17) is 4.74 Å². The number of nitrogens with zero attached hydrogens (tertiary/aromatic N) is 1. The lowest BCUT2D eigenvalue weighted by Gasteiger charge is -2.17. The van der Waals surface area contributed by atoms with Crippen LogP contribution >= 0.6 is 0 Å². The zero-order valence-corrected chi connectivity index (χ0v) is 14.3. The van der Waals surface area contributed by atoms with Crippen molar-refractivity contribution in [2.45, 2.75) is 19.4 Å². The first-order valence-electron chi connectivity index (χ1n) is 8.59. The molecule has 2 aromatic rings. The Balaban J connectivity index is 1.63. The molecule has 0 unspecified atom stereocenters. The van der Waals surface area contributed by atoms with E-state index >= 15 is 0 Å². The largest absolute Gasteiger partial charge is 0.491 e. The molecule has 0 atom stereocenters. The van der Waals surface area contributed by atoms with Gasteiger partial charge in [0.1, 0.15) is 5.75 Å². The minimum atomic E-state index is 0.0612. The Morgan fingerprint density at radius 3 is 2.72 bits per heavy atom. The third kappa shape index (κ3) is 3.24. The summed E-state index contributed by atoms with van der Waals surface area (Å²) in [5.74, 6) is 7.24. The predicted molar refractivity (Wildman–Crippen MR) is 97.8 cm³/mol. The zero-order valence-electron chi connectivity index (χ0n) is 14.3. The Hall–Kier alpha value is -2.77. The van der Waals surface area contributed by atoms with Crippen LogP contribution in [0, 0.1) is 11.8 Å². The number of ether oxygens (including phenoxy) is 1. The Labute approximate surface area is 147 Å². The number of anilines is 1. The molecule has 0 aliphatic carbocycles. The summed E-state index contributed by atoms with van der Waals surface area (Å²) in [6, 6.07) is 12.2. The molecule has 4 heteroatoms. The van der Waals surface area contributed by atoms with Crippen LogP contribution < -0.4 is 15.0 Å². The normalized spacial score (nSPS) is 16.0. The Bertz CT molecular complexity index is 892. The summed E-state index contributed by atoms with van der Waals surface area (Å²) in [7, 11) is 1.78. The van der Waals surface area contributed by atoms with Gasteiger partial charge in [0, 0.05) is 24.7 Å². The fourth-order valence-corrected chi connectivity index (χ4v) is 3.23. The van der Waals surface area contributed by atoms with Crippen molar-refractivity contribution in [3.05, 3.63) is 58.7 Å². The maximum absolute atomic E-state index is 12.0. The molecule has 2 heterocycles. The van der Waals surface area contributed by atoms with Gasteiger partial charge in [-0.15, -0.1) is 0 Å². The summed E-state index contributed by atoms with van der Waals surface area (Å²) in [5, 5.41) is 3.39. The number of hydrogen-bond donors (Lipinski definition) is 1. The highest BCUT2D eigenvalue weighted by Crippen LogP contribution is 2.31. The van der Waals surface area contributed by atoms with Crippen LogP contribution in [0.3, 0.4) is 0 Å². The molecule has 0 fully saturated rings. The second-order valence-electron chi connectivity index (χ2n) is 6.39. The first kappa shape index (κ1) is 15.7. The lowest BCUT2D eigenvalue weighted by atomic mass is 9.98. The van der Waals surface area contributed by atoms with Gasteiger partial charge < -0.3 is 15.0 Å². The topological polar surface area (TPSA) is 41.6 Å². The molecular formula is C21H20N2O2. The summed E-state index contributed by atoms with van der Waals surface area (Å²) in [6.07, 6.45) is 1.48. The molecule has 0 saturated heterocycles. The highest BCUT2D eigenvalue weighted by Gasteiger charge is 2.19. The van der Waals surface area contributed by atoms with Gasteiger partial charge in [0.15, 0.2) is 0 Å². The van der Waals surface area contributed by atoms with E-state index in [2.05, 4.69) is 35.4 Å². The monoisotopic (exact) mass is 332 g/mol. The summed E-state index contributed by atoms with van der Waals surface area (Å²) in [6.45, 7) is 2.37.